The first kappa shape index (κ1) is 15.3. The van der Waals surface area contributed by atoms with E-state index >= 15 is 0 Å². The van der Waals surface area contributed by atoms with Crippen LogP contribution in [0.3, 0.4) is 0 Å². The maximum absolute atomic E-state index is 11.9. The van der Waals surface area contributed by atoms with Crippen molar-refractivity contribution in [2.24, 2.45) is 5.92 Å². The third kappa shape index (κ3) is 4.43. The average Bonchev–Trinajstić information content (AvgIpc) is 2.88. The van der Waals surface area contributed by atoms with Crippen LogP contribution in [0.1, 0.15) is 39.7 Å². The fraction of sp³-hybridized carbons (Fsp3) is 0.571. The van der Waals surface area contributed by atoms with Crippen LogP contribution in [0.2, 0.25) is 0 Å². The smallest absolute Gasteiger partial charge is 0.326 e. The Labute approximate surface area is 113 Å². The lowest BCUT2D eigenvalue weighted by Gasteiger charge is -2.21. The number of aromatic nitrogens is 1. The summed E-state index contributed by atoms with van der Waals surface area (Å²) >= 11 is 0. The van der Waals surface area contributed by atoms with Gasteiger partial charge in [-0.05, 0) is 25.0 Å². The summed E-state index contributed by atoms with van der Waals surface area (Å²) in [5.74, 6) is -1.28. The normalized spacial score (nSPS) is 15.5. The van der Waals surface area contributed by atoms with E-state index in [1.54, 1.807) is 0 Å². The maximum atomic E-state index is 11.9. The van der Waals surface area contributed by atoms with Gasteiger partial charge >= 0.3 is 5.97 Å². The highest BCUT2D eigenvalue weighted by Gasteiger charge is 2.25. The summed E-state index contributed by atoms with van der Waals surface area (Å²) in [6, 6.07) is 3.00. The van der Waals surface area contributed by atoms with Crippen LogP contribution < -0.4 is 5.32 Å². The van der Waals surface area contributed by atoms with Gasteiger partial charge in [0.1, 0.15) is 6.04 Å². The van der Waals surface area contributed by atoms with E-state index in [1.165, 1.54) is 0 Å². The number of aliphatic carboxylic acids is 1. The molecule has 1 aromatic rings. The zero-order chi connectivity index (χ0) is 14.4. The molecule has 5 heteroatoms. The predicted octanol–water partition coefficient (Wildman–Crippen LogP) is 2.05. The Morgan fingerprint density at radius 2 is 1.84 bits per heavy atom. The van der Waals surface area contributed by atoms with Gasteiger partial charge in [0.15, 0.2) is 0 Å². The first-order chi connectivity index (χ1) is 8.95. The largest absolute Gasteiger partial charge is 0.480 e. The van der Waals surface area contributed by atoms with Gasteiger partial charge < -0.3 is 15.0 Å². The summed E-state index contributed by atoms with van der Waals surface area (Å²) in [4.78, 5) is 23.0. The van der Waals surface area contributed by atoms with Crippen molar-refractivity contribution < 1.29 is 14.7 Å². The van der Waals surface area contributed by atoms with Gasteiger partial charge in [0.2, 0.25) is 5.91 Å². The topological polar surface area (TPSA) is 71.3 Å². The highest BCUT2D eigenvalue weighted by molar-refractivity contribution is 5.83. The molecule has 0 saturated carbocycles. The Morgan fingerprint density at radius 3 is 2.32 bits per heavy atom. The first-order valence-electron chi connectivity index (χ1n) is 6.60. The number of carboxylic acid groups (broad SMARTS) is 1. The quantitative estimate of drug-likeness (QED) is 0.793. The zero-order valence-electron chi connectivity index (χ0n) is 11.7. The Morgan fingerprint density at radius 1 is 1.26 bits per heavy atom. The predicted molar refractivity (Wildman–Crippen MR) is 72.8 cm³/mol. The molecule has 0 aromatic carbocycles. The van der Waals surface area contributed by atoms with Crippen LogP contribution in [0.5, 0.6) is 0 Å². The van der Waals surface area contributed by atoms with E-state index in [1.807, 2.05) is 49.9 Å². The highest BCUT2D eigenvalue weighted by atomic mass is 16.4. The van der Waals surface area contributed by atoms with Crippen molar-refractivity contribution in [1.82, 2.24) is 9.88 Å². The van der Waals surface area contributed by atoms with Gasteiger partial charge in [0, 0.05) is 24.9 Å². The molecule has 5 nitrogen and oxygen atoms in total. The molecule has 106 valence electrons. The van der Waals surface area contributed by atoms with E-state index in [4.69, 9.17) is 5.11 Å². The summed E-state index contributed by atoms with van der Waals surface area (Å²) in [5.41, 5.74) is 0. The Balaban J connectivity index is 2.56. The van der Waals surface area contributed by atoms with Gasteiger partial charge in [0.25, 0.3) is 0 Å². The Bertz CT molecular complexity index is 414. The number of amides is 1. The molecular weight excluding hydrogens is 244 g/mol. The zero-order valence-corrected chi connectivity index (χ0v) is 11.7. The number of hydrogen-bond acceptors (Lipinski definition) is 2. The van der Waals surface area contributed by atoms with Crippen molar-refractivity contribution in [2.75, 3.05) is 0 Å². The number of carbonyl (C=O) groups excluding carboxylic acids is 1. The minimum absolute atomic E-state index is 0.0152. The van der Waals surface area contributed by atoms with Crippen molar-refractivity contribution in [1.29, 1.82) is 0 Å². The second-order valence-electron chi connectivity index (χ2n) is 4.95. The number of hydrogen-bond donors (Lipinski definition) is 2. The van der Waals surface area contributed by atoms with Crippen LogP contribution in [0.25, 0.3) is 0 Å². The summed E-state index contributed by atoms with van der Waals surface area (Å²) < 4.78 is 1.93. The number of nitrogens with one attached hydrogen (secondary N) is 1. The second-order valence-corrected chi connectivity index (χ2v) is 4.95. The summed E-state index contributed by atoms with van der Waals surface area (Å²) in [6.45, 7) is 5.67. The van der Waals surface area contributed by atoms with E-state index < -0.39 is 12.0 Å². The molecule has 0 fully saturated rings. The molecule has 3 atom stereocenters. The molecule has 0 aliphatic rings. The SMILES string of the molecule is CC[C@H](C)[C@H](NC(=O)C[C@H](C)n1cccc1)C(=O)O. The number of rotatable bonds is 7. The van der Waals surface area contributed by atoms with E-state index in [0.717, 1.165) is 0 Å². The summed E-state index contributed by atoms with van der Waals surface area (Å²) in [5, 5.41) is 11.7. The molecule has 0 aliphatic carbocycles. The lowest BCUT2D eigenvalue weighted by Crippen LogP contribution is -2.45. The van der Waals surface area contributed by atoms with Crippen molar-refractivity contribution in [3.05, 3.63) is 24.5 Å². The van der Waals surface area contributed by atoms with Crippen LogP contribution in [0, 0.1) is 5.92 Å². The molecule has 1 amide bonds. The minimum Gasteiger partial charge on any atom is -0.480 e. The van der Waals surface area contributed by atoms with E-state index in [-0.39, 0.29) is 24.3 Å². The average molecular weight is 266 g/mol. The molecule has 0 saturated heterocycles. The van der Waals surface area contributed by atoms with Gasteiger partial charge in [-0.1, -0.05) is 20.3 Å². The van der Waals surface area contributed by atoms with Crippen LogP contribution in [0.4, 0.5) is 0 Å². The molecule has 2 N–H and O–H groups in total. The molecule has 1 rings (SSSR count). The molecular formula is C14H22N2O3. The van der Waals surface area contributed by atoms with E-state index in [2.05, 4.69) is 5.32 Å². The van der Waals surface area contributed by atoms with Crippen molar-refractivity contribution in [3.8, 4) is 0 Å². The monoisotopic (exact) mass is 266 g/mol. The van der Waals surface area contributed by atoms with Gasteiger partial charge in [-0.25, -0.2) is 4.79 Å². The van der Waals surface area contributed by atoms with Crippen molar-refractivity contribution in [3.63, 3.8) is 0 Å². The van der Waals surface area contributed by atoms with Crippen molar-refractivity contribution >= 4 is 11.9 Å². The molecule has 1 heterocycles. The van der Waals surface area contributed by atoms with E-state index in [9.17, 15) is 9.59 Å². The summed E-state index contributed by atoms with van der Waals surface area (Å²) in [7, 11) is 0. The number of carboxylic acids is 1. The second kappa shape index (κ2) is 6.97. The standard InChI is InChI=1S/C14H22N2O3/c1-4-10(2)13(14(18)19)15-12(17)9-11(3)16-7-5-6-8-16/h5-8,10-11,13H,4,9H2,1-3H3,(H,15,17)(H,18,19)/t10-,11-,13-/m0/s1. The number of nitrogens with zero attached hydrogens (tertiary/aromatic N) is 1. The third-order valence-corrected chi connectivity index (χ3v) is 3.41. The molecule has 0 spiro atoms. The van der Waals surface area contributed by atoms with Crippen LogP contribution >= 0.6 is 0 Å². The Hall–Kier alpha value is -1.78. The van der Waals surface area contributed by atoms with Gasteiger partial charge in [-0.3, -0.25) is 4.79 Å². The molecule has 1 aromatic heterocycles. The van der Waals surface area contributed by atoms with Gasteiger partial charge in [-0.15, -0.1) is 0 Å². The van der Waals surface area contributed by atoms with Gasteiger partial charge in [-0.2, -0.15) is 0 Å². The molecule has 0 unspecified atom stereocenters. The summed E-state index contributed by atoms with van der Waals surface area (Å²) in [6.07, 6.45) is 4.77. The number of carbonyl (C=O) groups is 2. The maximum Gasteiger partial charge on any atom is 0.326 e. The lowest BCUT2D eigenvalue weighted by molar-refractivity contribution is -0.143. The molecule has 19 heavy (non-hydrogen) atoms. The highest BCUT2D eigenvalue weighted by Crippen LogP contribution is 2.12. The minimum atomic E-state index is -0.976. The lowest BCUT2D eigenvalue weighted by atomic mass is 9.99. The molecule has 0 radical (unpaired) electrons. The first-order valence-corrected chi connectivity index (χ1v) is 6.60. The van der Waals surface area contributed by atoms with Crippen molar-refractivity contribution in [2.45, 2.75) is 45.7 Å². The van der Waals surface area contributed by atoms with Crippen LogP contribution in [-0.2, 0) is 9.59 Å². The molecule has 0 aliphatic heterocycles. The Kier molecular flexibility index (Phi) is 5.60. The molecule has 0 bridgehead atoms. The van der Waals surface area contributed by atoms with E-state index in [0.29, 0.717) is 6.42 Å². The van der Waals surface area contributed by atoms with Crippen LogP contribution in [0.15, 0.2) is 24.5 Å². The van der Waals surface area contributed by atoms with Gasteiger partial charge in [0.05, 0.1) is 0 Å². The van der Waals surface area contributed by atoms with Crippen LogP contribution in [-0.4, -0.2) is 27.6 Å². The third-order valence-electron chi connectivity index (χ3n) is 3.41. The fourth-order valence-corrected chi connectivity index (χ4v) is 1.93. The fourth-order valence-electron chi connectivity index (χ4n) is 1.93.